The van der Waals surface area contributed by atoms with Crippen LogP contribution in [0.25, 0.3) is 0 Å². The Balaban J connectivity index is 3.21. The fraction of sp³-hybridized carbons (Fsp3) is 0.400. The Morgan fingerprint density at radius 1 is 1.40 bits per heavy atom. The molecule has 5 heteroatoms. The summed E-state index contributed by atoms with van der Waals surface area (Å²) in [6.07, 6.45) is 0. The molecule has 0 aliphatic rings. The smallest absolute Gasteiger partial charge is 0.255 e. The predicted molar refractivity (Wildman–Crippen MR) is 73.6 cm³/mol. The van der Waals surface area contributed by atoms with Gasteiger partial charge in [-0.3, -0.25) is 4.79 Å². The van der Waals surface area contributed by atoms with Crippen LogP contribution in [0.4, 0.5) is 4.39 Å². The zero-order chi connectivity index (χ0) is 15.1. The molecule has 4 nitrogen and oxygen atoms in total. The van der Waals surface area contributed by atoms with Gasteiger partial charge in [-0.1, -0.05) is 11.8 Å². The number of halogens is 1. The third kappa shape index (κ3) is 4.05. The summed E-state index contributed by atoms with van der Waals surface area (Å²) < 4.78 is 13.4. The molecule has 1 amide bonds. The van der Waals surface area contributed by atoms with Gasteiger partial charge < -0.3 is 15.1 Å². The van der Waals surface area contributed by atoms with Gasteiger partial charge in [-0.25, -0.2) is 4.39 Å². The standard InChI is InChI=1S/C15H18FNO3/c1-11(2)17(7-9-19)15(20)14-10-13(16)6-5-12(14)4-3-8-18/h5-6,10-11,18-19H,7-9H2,1-2H3. The van der Waals surface area contributed by atoms with Gasteiger partial charge in [-0.05, 0) is 32.0 Å². The van der Waals surface area contributed by atoms with Gasteiger partial charge in [0.2, 0.25) is 0 Å². The summed E-state index contributed by atoms with van der Waals surface area (Å²) in [5.41, 5.74) is 0.488. The number of aliphatic hydroxyl groups excluding tert-OH is 2. The van der Waals surface area contributed by atoms with Crippen LogP contribution in [0.15, 0.2) is 18.2 Å². The molecule has 0 aromatic heterocycles. The van der Waals surface area contributed by atoms with Crippen LogP contribution < -0.4 is 0 Å². The molecule has 0 aliphatic carbocycles. The molecule has 0 saturated carbocycles. The van der Waals surface area contributed by atoms with Crippen molar-refractivity contribution in [1.29, 1.82) is 0 Å². The Morgan fingerprint density at radius 3 is 2.65 bits per heavy atom. The number of amides is 1. The Hall–Kier alpha value is -1.90. The molecule has 0 heterocycles. The summed E-state index contributed by atoms with van der Waals surface area (Å²) >= 11 is 0. The Morgan fingerprint density at radius 2 is 2.10 bits per heavy atom. The highest BCUT2D eigenvalue weighted by Gasteiger charge is 2.21. The van der Waals surface area contributed by atoms with Crippen LogP contribution in [0.3, 0.4) is 0 Å². The van der Waals surface area contributed by atoms with E-state index in [0.717, 1.165) is 6.07 Å². The summed E-state index contributed by atoms with van der Waals surface area (Å²) in [4.78, 5) is 13.9. The average Bonchev–Trinajstić information content (AvgIpc) is 2.42. The minimum Gasteiger partial charge on any atom is -0.395 e. The van der Waals surface area contributed by atoms with E-state index in [9.17, 15) is 9.18 Å². The van der Waals surface area contributed by atoms with Crippen LogP contribution in [-0.4, -0.2) is 46.8 Å². The van der Waals surface area contributed by atoms with Gasteiger partial charge >= 0.3 is 0 Å². The Bertz CT molecular complexity index is 532. The van der Waals surface area contributed by atoms with Crippen LogP contribution in [0, 0.1) is 17.7 Å². The highest BCUT2D eigenvalue weighted by molar-refractivity contribution is 5.97. The average molecular weight is 279 g/mol. The first kappa shape index (κ1) is 16.2. The lowest BCUT2D eigenvalue weighted by atomic mass is 10.1. The number of aliphatic hydroxyl groups is 2. The summed E-state index contributed by atoms with van der Waals surface area (Å²) in [5, 5.41) is 17.7. The van der Waals surface area contributed by atoms with Gasteiger partial charge in [-0.15, -0.1) is 0 Å². The Kier molecular flexibility index (Phi) is 6.16. The first-order valence-electron chi connectivity index (χ1n) is 6.32. The van der Waals surface area contributed by atoms with E-state index in [4.69, 9.17) is 10.2 Å². The van der Waals surface area contributed by atoms with Crippen molar-refractivity contribution in [1.82, 2.24) is 4.90 Å². The molecule has 0 fully saturated rings. The van der Waals surface area contributed by atoms with E-state index in [-0.39, 0.29) is 31.4 Å². The van der Waals surface area contributed by atoms with E-state index in [2.05, 4.69) is 11.8 Å². The van der Waals surface area contributed by atoms with Crippen molar-refractivity contribution in [3.8, 4) is 11.8 Å². The van der Waals surface area contributed by atoms with Gasteiger partial charge in [0, 0.05) is 18.2 Å². The van der Waals surface area contributed by atoms with Gasteiger partial charge in [-0.2, -0.15) is 0 Å². The monoisotopic (exact) mass is 279 g/mol. The SMILES string of the molecule is CC(C)N(CCO)C(=O)c1cc(F)ccc1C#CCO. The highest BCUT2D eigenvalue weighted by atomic mass is 19.1. The van der Waals surface area contributed by atoms with Crippen LogP contribution in [0.5, 0.6) is 0 Å². The van der Waals surface area contributed by atoms with E-state index in [1.807, 2.05) is 13.8 Å². The summed E-state index contributed by atoms with van der Waals surface area (Å²) in [6.45, 7) is 3.28. The number of carbonyl (C=O) groups is 1. The second-order valence-electron chi connectivity index (χ2n) is 4.47. The van der Waals surface area contributed by atoms with E-state index in [1.165, 1.54) is 17.0 Å². The molecule has 108 valence electrons. The second-order valence-corrected chi connectivity index (χ2v) is 4.47. The number of benzene rings is 1. The van der Waals surface area contributed by atoms with Crippen molar-refractivity contribution in [3.05, 3.63) is 35.1 Å². The summed E-state index contributed by atoms with van der Waals surface area (Å²) in [5.74, 6) is 4.15. The van der Waals surface area contributed by atoms with Gasteiger partial charge in [0.05, 0.1) is 12.2 Å². The highest BCUT2D eigenvalue weighted by Crippen LogP contribution is 2.15. The van der Waals surface area contributed by atoms with Crippen molar-refractivity contribution in [3.63, 3.8) is 0 Å². The molecule has 0 unspecified atom stereocenters. The fourth-order valence-corrected chi connectivity index (χ4v) is 1.79. The molecule has 0 spiro atoms. The zero-order valence-electron chi connectivity index (χ0n) is 11.6. The molecule has 0 aliphatic heterocycles. The van der Waals surface area contributed by atoms with Crippen molar-refractivity contribution >= 4 is 5.91 Å². The number of nitrogens with zero attached hydrogens (tertiary/aromatic N) is 1. The maximum absolute atomic E-state index is 13.4. The number of carbonyl (C=O) groups excluding carboxylic acids is 1. The molecule has 0 bridgehead atoms. The van der Waals surface area contributed by atoms with Crippen LogP contribution in [0.1, 0.15) is 29.8 Å². The normalized spacial score (nSPS) is 10.1. The van der Waals surface area contributed by atoms with E-state index < -0.39 is 11.7 Å². The summed E-state index contributed by atoms with van der Waals surface area (Å²) in [6, 6.07) is 3.61. The molecule has 20 heavy (non-hydrogen) atoms. The fourth-order valence-electron chi connectivity index (χ4n) is 1.79. The summed E-state index contributed by atoms with van der Waals surface area (Å²) in [7, 11) is 0. The van der Waals surface area contributed by atoms with Crippen LogP contribution in [0.2, 0.25) is 0 Å². The molecular formula is C15H18FNO3. The lowest BCUT2D eigenvalue weighted by molar-refractivity contribution is 0.0664. The van der Waals surface area contributed by atoms with Crippen LogP contribution >= 0.6 is 0 Å². The number of rotatable bonds is 4. The molecule has 1 aromatic carbocycles. The first-order chi connectivity index (χ1) is 9.51. The lowest BCUT2D eigenvalue weighted by Crippen LogP contribution is -2.39. The van der Waals surface area contributed by atoms with Crippen molar-refractivity contribution < 1.29 is 19.4 Å². The lowest BCUT2D eigenvalue weighted by Gasteiger charge is -2.26. The molecule has 0 atom stereocenters. The number of hydrogen-bond donors (Lipinski definition) is 2. The van der Waals surface area contributed by atoms with Crippen molar-refractivity contribution in [2.45, 2.75) is 19.9 Å². The predicted octanol–water partition coefficient (Wildman–Crippen LogP) is 1.01. The topological polar surface area (TPSA) is 60.8 Å². The molecule has 1 aromatic rings. The Labute approximate surface area is 117 Å². The van der Waals surface area contributed by atoms with Crippen LogP contribution in [-0.2, 0) is 0 Å². The van der Waals surface area contributed by atoms with E-state index in [1.54, 1.807) is 0 Å². The van der Waals surface area contributed by atoms with E-state index in [0.29, 0.717) is 5.56 Å². The third-order valence-corrected chi connectivity index (χ3v) is 2.74. The molecule has 2 N–H and O–H groups in total. The molecule has 0 saturated heterocycles. The van der Waals surface area contributed by atoms with Gasteiger partial charge in [0.15, 0.2) is 0 Å². The maximum atomic E-state index is 13.4. The molecular weight excluding hydrogens is 261 g/mol. The molecule has 0 radical (unpaired) electrons. The largest absolute Gasteiger partial charge is 0.395 e. The zero-order valence-corrected chi connectivity index (χ0v) is 11.6. The minimum atomic E-state index is -0.532. The van der Waals surface area contributed by atoms with E-state index >= 15 is 0 Å². The van der Waals surface area contributed by atoms with Crippen molar-refractivity contribution in [2.75, 3.05) is 19.8 Å². The second kappa shape index (κ2) is 7.63. The van der Waals surface area contributed by atoms with Crippen molar-refractivity contribution in [2.24, 2.45) is 0 Å². The molecule has 1 rings (SSSR count). The number of hydrogen-bond acceptors (Lipinski definition) is 3. The maximum Gasteiger partial charge on any atom is 0.255 e. The minimum absolute atomic E-state index is 0.128. The first-order valence-corrected chi connectivity index (χ1v) is 6.32. The quantitative estimate of drug-likeness (QED) is 0.809. The van der Waals surface area contributed by atoms with Gasteiger partial charge in [0.1, 0.15) is 12.4 Å². The van der Waals surface area contributed by atoms with Gasteiger partial charge in [0.25, 0.3) is 5.91 Å². The third-order valence-electron chi connectivity index (χ3n) is 2.74.